The second kappa shape index (κ2) is 15.2. The zero-order valence-electron chi connectivity index (χ0n) is 26.7. The average molecular weight is 948 g/mol. The molecule has 5 heterocycles. The Morgan fingerprint density at radius 2 is 1.08 bits per heavy atom. The van der Waals surface area contributed by atoms with E-state index in [1.54, 1.807) is 31.0 Å². The molecule has 0 spiro atoms. The zero-order valence-corrected chi connectivity index (χ0v) is 30.6. The number of aromatic nitrogens is 6. The largest absolute Gasteiger partial charge is 2.00 e. The van der Waals surface area contributed by atoms with Crippen LogP contribution < -0.4 is 9.47 Å². The summed E-state index contributed by atoms with van der Waals surface area (Å²) in [5.74, 6) is 3.02. The Labute approximate surface area is 326 Å². The standard InChI is InChI=1S/C41H22N6O3.Pd.Pt/c1-3-17-43-36(11-1)27-7-5-9-30(19-27)49-32-13-15-34-35-16-14-33(50-31-10-6-8-28(20-31)37-12-2-4-18-44-37)22-39(35)47(38(34)21-32)41-45-23-29(24-46-41)40-25-42-26-48-40;;/h1-18,23-26H;;/q-4;2*+2. The van der Waals surface area contributed by atoms with Crippen LogP contribution in [0, 0.1) is 24.3 Å². The van der Waals surface area contributed by atoms with Gasteiger partial charge in [0, 0.05) is 47.8 Å². The Morgan fingerprint density at radius 1 is 0.538 bits per heavy atom. The summed E-state index contributed by atoms with van der Waals surface area (Å²) in [6.45, 7) is 0. The van der Waals surface area contributed by atoms with Crippen LogP contribution in [0.25, 0.3) is 61.6 Å². The number of benzene rings is 4. The number of fused-ring (bicyclic) bond motifs is 3. The van der Waals surface area contributed by atoms with Crippen LogP contribution >= 0.6 is 0 Å². The van der Waals surface area contributed by atoms with Crippen molar-refractivity contribution in [3.63, 3.8) is 0 Å². The van der Waals surface area contributed by atoms with Crippen molar-refractivity contribution in [2.45, 2.75) is 0 Å². The summed E-state index contributed by atoms with van der Waals surface area (Å²) in [7, 11) is 0. The first-order valence-electron chi connectivity index (χ1n) is 15.6. The molecule has 0 aliphatic heterocycles. The summed E-state index contributed by atoms with van der Waals surface area (Å²) in [5, 5.41) is 1.82. The van der Waals surface area contributed by atoms with Gasteiger partial charge >= 0.3 is 41.5 Å². The summed E-state index contributed by atoms with van der Waals surface area (Å²) < 4.78 is 19.9. The average Bonchev–Trinajstić information content (AvgIpc) is 3.83. The number of pyridine rings is 2. The van der Waals surface area contributed by atoms with Gasteiger partial charge in [0.05, 0.1) is 11.8 Å². The minimum absolute atomic E-state index is 0. The molecule has 0 aliphatic carbocycles. The first kappa shape index (κ1) is 34.7. The van der Waals surface area contributed by atoms with Crippen LogP contribution in [-0.4, -0.2) is 29.5 Å². The van der Waals surface area contributed by atoms with Crippen LogP contribution in [-0.2, 0) is 41.5 Å². The Bertz CT molecular complexity index is 2460. The fraction of sp³-hybridized carbons (Fsp3) is 0. The number of hydrogen-bond acceptors (Lipinski definition) is 8. The van der Waals surface area contributed by atoms with Crippen LogP contribution in [0.5, 0.6) is 23.0 Å². The van der Waals surface area contributed by atoms with Crippen LogP contribution in [0.2, 0.25) is 0 Å². The summed E-state index contributed by atoms with van der Waals surface area (Å²) in [6, 6.07) is 44.2. The molecule has 9 nitrogen and oxygen atoms in total. The molecular formula is C41H22N6O3PdPt. The van der Waals surface area contributed by atoms with Gasteiger partial charge < -0.3 is 28.4 Å². The van der Waals surface area contributed by atoms with Gasteiger partial charge in [-0.2, -0.15) is 22.9 Å². The predicted molar refractivity (Wildman–Crippen MR) is 187 cm³/mol. The maximum absolute atomic E-state index is 6.30. The first-order valence-corrected chi connectivity index (χ1v) is 15.6. The molecule has 0 N–H and O–H groups in total. The van der Waals surface area contributed by atoms with Gasteiger partial charge in [0.15, 0.2) is 12.2 Å². The monoisotopic (exact) mass is 947 g/mol. The summed E-state index contributed by atoms with van der Waals surface area (Å²) in [4.78, 5) is 22.3. The van der Waals surface area contributed by atoms with Crippen molar-refractivity contribution in [2.24, 2.45) is 0 Å². The Balaban J connectivity index is 0.00000210. The molecule has 9 aromatic rings. The molecule has 0 radical (unpaired) electrons. The summed E-state index contributed by atoms with van der Waals surface area (Å²) in [5.41, 5.74) is 5.34. The Morgan fingerprint density at radius 3 is 1.56 bits per heavy atom. The number of nitrogens with zero attached hydrogens (tertiary/aromatic N) is 6. The Kier molecular flexibility index (Phi) is 10.1. The molecular weight excluding hydrogens is 926 g/mol. The molecule has 0 fully saturated rings. The molecule has 0 saturated heterocycles. The third kappa shape index (κ3) is 6.92. The van der Waals surface area contributed by atoms with Crippen molar-refractivity contribution in [1.82, 2.24) is 29.5 Å². The van der Waals surface area contributed by atoms with Gasteiger partial charge in [-0.1, -0.05) is 47.4 Å². The molecule has 52 heavy (non-hydrogen) atoms. The van der Waals surface area contributed by atoms with Crippen molar-refractivity contribution in [1.29, 1.82) is 0 Å². The number of oxazole rings is 1. The molecule has 4 aromatic carbocycles. The molecule has 0 unspecified atom stereocenters. The second-order valence-electron chi connectivity index (χ2n) is 11.1. The smallest absolute Gasteiger partial charge is 0.503 e. The van der Waals surface area contributed by atoms with Gasteiger partial charge in [0.1, 0.15) is 0 Å². The number of rotatable bonds is 8. The minimum Gasteiger partial charge on any atom is -0.503 e. The third-order valence-electron chi connectivity index (χ3n) is 7.95. The van der Waals surface area contributed by atoms with Crippen LogP contribution in [0.4, 0.5) is 0 Å². The van der Waals surface area contributed by atoms with Crippen LogP contribution in [0.1, 0.15) is 0 Å². The van der Waals surface area contributed by atoms with E-state index in [1.807, 2.05) is 102 Å². The van der Waals surface area contributed by atoms with Crippen LogP contribution in [0.15, 0.2) is 139 Å². The second-order valence-corrected chi connectivity index (χ2v) is 11.1. The molecule has 0 bridgehead atoms. The van der Waals surface area contributed by atoms with E-state index in [9.17, 15) is 0 Å². The topological polar surface area (TPSA) is 101 Å². The number of ether oxygens (including phenoxy) is 2. The van der Waals surface area contributed by atoms with E-state index in [0.29, 0.717) is 51.3 Å². The van der Waals surface area contributed by atoms with Gasteiger partial charge in [-0.25, -0.2) is 15.0 Å². The van der Waals surface area contributed by atoms with E-state index in [-0.39, 0.29) is 41.5 Å². The fourth-order valence-electron chi connectivity index (χ4n) is 5.66. The van der Waals surface area contributed by atoms with Gasteiger partial charge in [-0.3, -0.25) is 0 Å². The van der Waals surface area contributed by atoms with E-state index in [2.05, 4.69) is 39.2 Å². The van der Waals surface area contributed by atoms with Crippen molar-refractivity contribution in [2.75, 3.05) is 0 Å². The van der Waals surface area contributed by atoms with E-state index in [4.69, 9.17) is 23.9 Å². The third-order valence-corrected chi connectivity index (χ3v) is 7.95. The molecule has 0 aliphatic rings. The Hall–Kier alpha value is -5.78. The predicted octanol–water partition coefficient (Wildman–Crippen LogP) is 9.13. The molecule has 254 valence electrons. The molecule has 9 rings (SSSR count). The molecule has 0 atom stereocenters. The van der Waals surface area contributed by atoms with Crippen molar-refractivity contribution in [3.8, 4) is 62.8 Å². The maximum atomic E-state index is 6.30. The minimum atomic E-state index is 0. The normalized spacial score (nSPS) is 10.8. The summed E-state index contributed by atoms with van der Waals surface area (Å²) in [6.07, 6.45) is 9.88. The van der Waals surface area contributed by atoms with Gasteiger partial charge in [0.2, 0.25) is 5.95 Å². The van der Waals surface area contributed by atoms with E-state index >= 15 is 0 Å². The van der Waals surface area contributed by atoms with Crippen molar-refractivity contribution in [3.05, 3.63) is 159 Å². The molecule has 11 heteroatoms. The van der Waals surface area contributed by atoms with E-state index < -0.39 is 0 Å². The molecule has 0 amide bonds. The fourth-order valence-corrected chi connectivity index (χ4v) is 5.66. The zero-order chi connectivity index (χ0) is 33.3. The maximum Gasteiger partial charge on any atom is 2.00 e. The van der Waals surface area contributed by atoms with E-state index in [0.717, 1.165) is 33.3 Å². The van der Waals surface area contributed by atoms with Gasteiger partial charge in [-0.05, 0) is 23.5 Å². The SMILES string of the molecule is [Pd+2].[Pt+2].[c-]1c(Oc2[c-]c3c(cc2)c2ccc(Oc4[c-]c(-c5ccccn5)ccc4)[c-]c2n3-c2ncc(-c3cnco3)cn2)cccc1-c1ccccn1. The van der Waals surface area contributed by atoms with Crippen molar-refractivity contribution >= 4 is 21.8 Å². The summed E-state index contributed by atoms with van der Waals surface area (Å²) >= 11 is 0. The number of hydrogen-bond donors (Lipinski definition) is 0. The van der Waals surface area contributed by atoms with Gasteiger partial charge in [0.25, 0.3) is 0 Å². The van der Waals surface area contributed by atoms with Crippen LogP contribution in [0.3, 0.4) is 0 Å². The quantitative estimate of drug-likeness (QED) is 0.110. The van der Waals surface area contributed by atoms with E-state index in [1.165, 1.54) is 6.39 Å². The first-order chi connectivity index (χ1) is 24.7. The molecule has 0 saturated carbocycles. The molecule has 5 aromatic heterocycles. The van der Waals surface area contributed by atoms with Crippen molar-refractivity contribution < 1.29 is 55.4 Å². The van der Waals surface area contributed by atoms with Gasteiger partial charge in [-0.15, -0.1) is 71.8 Å².